The molecule has 7 rings (SSSR count). The number of fused-ring (bicyclic) bond motifs is 8. The minimum absolute atomic E-state index is 1.08. The van der Waals surface area contributed by atoms with Crippen molar-refractivity contribution in [3.05, 3.63) is 85.1 Å². The Morgan fingerprint density at radius 3 is 2.31 bits per heavy atom. The van der Waals surface area contributed by atoms with Crippen molar-refractivity contribution in [3.8, 4) is 5.69 Å². The molecule has 136 valence electrons. The van der Waals surface area contributed by atoms with E-state index in [0.717, 1.165) is 5.52 Å². The van der Waals surface area contributed by atoms with Crippen LogP contribution in [0.2, 0.25) is 0 Å². The third-order valence-electron chi connectivity index (χ3n) is 5.66. The van der Waals surface area contributed by atoms with E-state index in [4.69, 9.17) is 4.98 Å². The largest absolute Gasteiger partial charge is 0.299 e. The van der Waals surface area contributed by atoms with Gasteiger partial charge in [0.2, 0.25) is 0 Å². The first-order chi connectivity index (χ1) is 14.4. The predicted molar refractivity (Wildman–Crippen MR) is 127 cm³/mol. The zero-order chi connectivity index (χ0) is 18.9. The summed E-state index contributed by atoms with van der Waals surface area (Å²) in [5.74, 6) is 0. The summed E-state index contributed by atoms with van der Waals surface area (Å²) in [6.07, 6.45) is 1.90. The highest BCUT2D eigenvalue weighted by Gasteiger charge is 2.18. The molecule has 4 heteroatoms. The number of rotatable bonds is 1. The summed E-state index contributed by atoms with van der Waals surface area (Å²) in [6, 6.07) is 28.4. The smallest absolute Gasteiger partial charge is 0.111 e. The lowest BCUT2D eigenvalue weighted by Gasteiger charge is -2.07. The maximum atomic E-state index is 4.77. The molecule has 0 aliphatic rings. The van der Waals surface area contributed by atoms with Gasteiger partial charge in [0.15, 0.2) is 0 Å². The summed E-state index contributed by atoms with van der Waals surface area (Å²) in [7, 11) is 0. The van der Waals surface area contributed by atoms with Crippen molar-refractivity contribution in [2.75, 3.05) is 0 Å². The van der Waals surface area contributed by atoms with Gasteiger partial charge in [-0.2, -0.15) is 0 Å². The lowest BCUT2D eigenvalue weighted by molar-refractivity contribution is 1.19. The SMILES string of the molecule is c1ccc2c(c1)sc1ccc(-n3c4cccnc4c4c5ccccc5sc43)cc12. The molecule has 0 bridgehead atoms. The molecule has 0 atom stereocenters. The highest BCUT2D eigenvalue weighted by atomic mass is 32.1. The Balaban J connectivity index is 1.65. The quantitative estimate of drug-likeness (QED) is 0.272. The van der Waals surface area contributed by atoms with E-state index in [1.165, 1.54) is 51.7 Å². The molecule has 0 spiro atoms. The van der Waals surface area contributed by atoms with E-state index < -0.39 is 0 Å². The predicted octanol–water partition coefficient (Wildman–Crippen LogP) is 7.76. The van der Waals surface area contributed by atoms with Gasteiger partial charge in [0.25, 0.3) is 0 Å². The fourth-order valence-electron chi connectivity index (χ4n) is 4.41. The van der Waals surface area contributed by atoms with Crippen LogP contribution < -0.4 is 0 Å². The Labute approximate surface area is 174 Å². The Morgan fingerprint density at radius 2 is 1.41 bits per heavy atom. The van der Waals surface area contributed by atoms with Crippen molar-refractivity contribution in [1.82, 2.24) is 9.55 Å². The van der Waals surface area contributed by atoms with Crippen LogP contribution in [-0.4, -0.2) is 9.55 Å². The Kier molecular flexibility index (Phi) is 3.06. The minimum Gasteiger partial charge on any atom is -0.299 e. The molecular weight excluding hydrogens is 392 g/mol. The fraction of sp³-hybridized carbons (Fsp3) is 0. The molecule has 0 N–H and O–H groups in total. The number of pyridine rings is 1. The van der Waals surface area contributed by atoms with Gasteiger partial charge in [-0.15, -0.1) is 22.7 Å². The highest BCUT2D eigenvalue weighted by molar-refractivity contribution is 7.26. The van der Waals surface area contributed by atoms with Crippen LogP contribution in [0.25, 0.3) is 57.2 Å². The topological polar surface area (TPSA) is 17.8 Å². The van der Waals surface area contributed by atoms with Crippen molar-refractivity contribution in [1.29, 1.82) is 0 Å². The molecule has 0 fully saturated rings. The molecule has 0 aliphatic carbocycles. The van der Waals surface area contributed by atoms with Gasteiger partial charge in [0.05, 0.1) is 11.0 Å². The number of thiophene rings is 2. The summed E-state index contributed by atoms with van der Waals surface area (Å²) < 4.78 is 6.36. The first-order valence-electron chi connectivity index (χ1n) is 9.57. The molecule has 4 heterocycles. The maximum Gasteiger partial charge on any atom is 0.111 e. The third-order valence-corrected chi connectivity index (χ3v) is 7.97. The monoisotopic (exact) mass is 406 g/mol. The van der Waals surface area contributed by atoms with Crippen LogP contribution in [0, 0.1) is 0 Å². The van der Waals surface area contributed by atoms with Crippen LogP contribution in [0.15, 0.2) is 85.1 Å². The van der Waals surface area contributed by atoms with Gasteiger partial charge in [-0.3, -0.25) is 9.55 Å². The zero-order valence-corrected chi connectivity index (χ0v) is 16.9. The van der Waals surface area contributed by atoms with E-state index in [1.807, 2.05) is 34.9 Å². The van der Waals surface area contributed by atoms with Gasteiger partial charge in [-0.05, 0) is 42.5 Å². The van der Waals surface area contributed by atoms with Crippen molar-refractivity contribution < 1.29 is 0 Å². The van der Waals surface area contributed by atoms with E-state index in [2.05, 4.69) is 77.4 Å². The first-order valence-corrected chi connectivity index (χ1v) is 11.2. The number of nitrogens with zero attached hydrogens (tertiary/aromatic N) is 2. The summed E-state index contributed by atoms with van der Waals surface area (Å²) in [4.78, 5) is 6.03. The van der Waals surface area contributed by atoms with Crippen LogP contribution >= 0.6 is 22.7 Å². The summed E-state index contributed by atoms with van der Waals surface area (Å²) in [6.45, 7) is 0. The number of benzene rings is 3. The van der Waals surface area contributed by atoms with E-state index in [-0.39, 0.29) is 0 Å². The average molecular weight is 407 g/mol. The Morgan fingerprint density at radius 1 is 0.655 bits per heavy atom. The molecule has 0 unspecified atom stereocenters. The van der Waals surface area contributed by atoms with Gasteiger partial charge in [-0.25, -0.2) is 0 Å². The van der Waals surface area contributed by atoms with Crippen LogP contribution in [0.1, 0.15) is 0 Å². The fourth-order valence-corrected chi connectivity index (χ4v) is 6.73. The molecule has 0 aliphatic heterocycles. The lowest BCUT2D eigenvalue weighted by atomic mass is 10.1. The second-order valence-electron chi connectivity index (χ2n) is 7.26. The second-order valence-corrected chi connectivity index (χ2v) is 9.38. The third kappa shape index (κ3) is 2.07. The van der Waals surface area contributed by atoms with E-state index >= 15 is 0 Å². The second kappa shape index (κ2) is 5.66. The standard InChI is InChI=1S/C25H14N2S2/c1-3-9-20-16(6-1)18-14-15(11-12-22(18)28-20)27-19-8-5-13-26-24(19)23-17-7-2-4-10-21(17)29-25(23)27/h1-14H. The van der Waals surface area contributed by atoms with Crippen LogP contribution in [0.3, 0.4) is 0 Å². The Bertz CT molecular complexity index is 1720. The summed E-state index contributed by atoms with van der Waals surface area (Å²) >= 11 is 3.71. The molecule has 0 saturated carbocycles. The highest BCUT2D eigenvalue weighted by Crippen LogP contribution is 2.42. The van der Waals surface area contributed by atoms with E-state index in [1.54, 1.807) is 0 Å². The van der Waals surface area contributed by atoms with Gasteiger partial charge in [0, 0.05) is 47.5 Å². The van der Waals surface area contributed by atoms with Crippen LogP contribution in [0.4, 0.5) is 0 Å². The summed E-state index contributed by atoms with van der Waals surface area (Å²) in [5.41, 5.74) is 3.44. The molecule has 0 amide bonds. The molecule has 2 nitrogen and oxygen atoms in total. The minimum atomic E-state index is 1.08. The van der Waals surface area contributed by atoms with Gasteiger partial charge in [-0.1, -0.05) is 36.4 Å². The molecule has 0 radical (unpaired) electrons. The van der Waals surface area contributed by atoms with Gasteiger partial charge >= 0.3 is 0 Å². The molecule has 4 aromatic heterocycles. The molecule has 3 aromatic carbocycles. The lowest BCUT2D eigenvalue weighted by Crippen LogP contribution is -1.92. The molecular formula is C25H14N2S2. The van der Waals surface area contributed by atoms with Crippen molar-refractivity contribution in [2.24, 2.45) is 0 Å². The molecule has 0 saturated heterocycles. The molecule has 7 aromatic rings. The Hall–Kier alpha value is -3.21. The van der Waals surface area contributed by atoms with Crippen molar-refractivity contribution in [3.63, 3.8) is 0 Å². The van der Waals surface area contributed by atoms with Crippen molar-refractivity contribution >= 4 is 74.2 Å². The van der Waals surface area contributed by atoms with E-state index in [0.29, 0.717) is 0 Å². The normalized spacial score (nSPS) is 12.1. The molecule has 29 heavy (non-hydrogen) atoms. The first kappa shape index (κ1) is 15.7. The summed E-state index contributed by atoms with van der Waals surface area (Å²) in [5, 5.41) is 5.20. The van der Waals surface area contributed by atoms with Gasteiger partial charge in [0.1, 0.15) is 4.83 Å². The van der Waals surface area contributed by atoms with Crippen molar-refractivity contribution in [2.45, 2.75) is 0 Å². The number of hydrogen-bond acceptors (Lipinski definition) is 3. The number of aromatic nitrogens is 2. The maximum absolute atomic E-state index is 4.77. The van der Waals surface area contributed by atoms with Crippen LogP contribution in [0.5, 0.6) is 0 Å². The van der Waals surface area contributed by atoms with Crippen LogP contribution in [-0.2, 0) is 0 Å². The number of hydrogen-bond donors (Lipinski definition) is 0. The van der Waals surface area contributed by atoms with E-state index in [9.17, 15) is 0 Å². The van der Waals surface area contributed by atoms with Gasteiger partial charge < -0.3 is 0 Å². The average Bonchev–Trinajstić information content (AvgIpc) is 3.41. The zero-order valence-electron chi connectivity index (χ0n) is 15.3.